The Morgan fingerprint density at radius 1 is 0.266 bits per heavy atom. The van der Waals surface area contributed by atoms with E-state index in [9.17, 15) is 14.4 Å². The number of hydrogen-bond donors (Lipinski definition) is 0. The molecule has 0 aliphatic heterocycles. The highest BCUT2D eigenvalue weighted by molar-refractivity contribution is 5.71. The van der Waals surface area contributed by atoms with Crippen LogP contribution in [0.4, 0.5) is 0 Å². The number of ether oxygens (including phenoxy) is 3. The molecule has 0 amide bonds. The van der Waals surface area contributed by atoms with Crippen LogP contribution in [0.3, 0.4) is 0 Å². The molecule has 1 atom stereocenters. The Bertz CT molecular complexity index is 1540. The molecule has 454 valence electrons. The SMILES string of the molecule is CC/C=C\C/C=C\C/C=C\CCCCCCCCCC(=O)OC(COC(=O)CCCCC/C=C\C/C=C\C/C=C\CC)COC(=O)CCCCCCCCCCCCCCCCCCCCC/C=C\C/C=C\CCCCCCC. The molecule has 0 aliphatic rings. The number of allylic oxidation sites excluding steroid dienone is 16. The maximum absolute atomic E-state index is 12.9. The lowest BCUT2D eigenvalue weighted by molar-refractivity contribution is -0.167. The molecule has 0 bridgehead atoms. The van der Waals surface area contributed by atoms with Crippen LogP contribution in [-0.2, 0) is 28.6 Å². The van der Waals surface area contributed by atoms with Crippen LogP contribution in [0.1, 0.15) is 329 Å². The molecular formula is C73H126O6. The molecule has 0 spiro atoms. The van der Waals surface area contributed by atoms with Gasteiger partial charge in [0.25, 0.3) is 0 Å². The Labute approximate surface area is 489 Å². The molecule has 6 nitrogen and oxygen atoms in total. The van der Waals surface area contributed by atoms with Gasteiger partial charge in [0.1, 0.15) is 13.2 Å². The van der Waals surface area contributed by atoms with E-state index < -0.39 is 6.10 Å². The van der Waals surface area contributed by atoms with Crippen molar-refractivity contribution >= 4 is 17.9 Å². The minimum Gasteiger partial charge on any atom is -0.462 e. The van der Waals surface area contributed by atoms with Crippen molar-refractivity contribution in [3.8, 4) is 0 Å². The Morgan fingerprint density at radius 2 is 0.494 bits per heavy atom. The van der Waals surface area contributed by atoms with Crippen LogP contribution in [0.25, 0.3) is 0 Å². The summed E-state index contributed by atoms with van der Waals surface area (Å²) in [5.41, 5.74) is 0. The molecule has 0 N–H and O–H groups in total. The van der Waals surface area contributed by atoms with E-state index in [1.54, 1.807) is 0 Å². The van der Waals surface area contributed by atoms with Gasteiger partial charge in [-0.25, -0.2) is 0 Å². The normalized spacial score (nSPS) is 12.7. The summed E-state index contributed by atoms with van der Waals surface area (Å²) < 4.78 is 16.9. The summed E-state index contributed by atoms with van der Waals surface area (Å²) in [6.45, 7) is 6.40. The van der Waals surface area contributed by atoms with Crippen LogP contribution < -0.4 is 0 Å². The van der Waals surface area contributed by atoms with Crippen molar-refractivity contribution in [1.29, 1.82) is 0 Å². The monoisotopic (exact) mass is 1100 g/mol. The van der Waals surface area contributed by atoms with E-state index in [4.69, 9.17) is 14.2 Å². The van der Waals surface area contributed by atoms with E-state index in [1.165, 1.54) is 173 Å². The molecule has 79 heavy (non-hydrogen) atoms. The summed E-state index contributed by atoms with van der Waals surface area (Å²) in [6.07, 6.45) is 90.1. The van der Waals surface area contributed by atoms with Gasteiger partial charge in [0.2, 0.25) is 0 Å². The average Bonchev–Trinajstić information content (AvgIpc) is 3.45. The quantitative estimate of drug-likeness (QED) is 0.0261. The van der Waals surface area contributed by atoms with E-state index in [1.807, 2.05) is 0 Å². The smallest absolute Gasteiger partial charge is 0.306 e. The fourth-order valence-corrected chi connectivity index (χ4v) is 9.56. The third kappa shape index (κ3) is 65.0. The second-order valence-electron chi connectivity index (χ2n) is 22.3. The molecule has 0 radical (unpaired) electrons. The number of esters is 3. The zero-order valence-corrected chi connectivity index (χ0v) is 52.1. The third-order valence-electron chi connectivity index (χ3n) is 14.6. The molecule has 0 aliphatic carbocycles. The maximum Gasteiger partial charge on any atom is 0.306 e. The summed E-state index contributed by atoms with van der Waals surface area (Å²) >= 11 is 0. The first-order valence-electron chi connectivity index (χ1n) is 33.7. The van der Waals surface area contributed by atoms with Gasteiger partial charge in [-0.05, 0) is 116 Å². The van der Waals surface area contributed by atoms with Crippen molar-refractivity contribution in [3.05, 3.63) is 97.2 Å². The van der Waals surface area contributed by atoms with Gasteiger partial charge in [0, 0.05) is 19.3 Å². The van der Waals surface area contributed by atoms with Crippen LogP contribution in [0.2, 0.25) is 0 Å². The number of rotatable bonds is 61. The Kier molecular flexibility index (Phi) is 63.7. The van der Waals surface area contributed by atoms with Crippen LogP contribution >= 0.6 is 0 Å². The maximum atomic E-state index is 12.9. The molecule has 0 aromatic rings. The zero-order chi connectivity index (χ0) is 57.1. The van der Waals surface area contributed by atoms with Gasteiger partial charge in [-0.15, -0.1) is 0 Å². The molecule has 0 aromatic heterocycles. The van der Waals surface area contributed by atoms with Gasteiger partial charge < -0.3 is 14.2 Å². The molecule has 0 rings (SSSR count). The van der Waals surface area contributed by atoms with Gasteiger partial charge in [-0.2, -0.15) is 0 Å². The summed E-state index contributed by atoms with van der Waals surface area (Å²) in [6, 6.07) is 0. The minimum absolute atomic E-state index is 0.0891. The molecular weight excluding hydrogens is 973 g/mol. The van der Waals surface area contributed by atoms with Crippen LogP contribution in [0, 0.1) is 0 Å². The molecule has 0 saturated carbocycles. The van der Waals surface area contributed by atoms with E-state index in [-0.39, 0.29) is 31.1 Å². The van der Waals surface area contributed by atoms with Gasteiger partial charge in [0.05, 0.1) is 0 Å². The lowest BCUT2D eigenvalue weighted by Gasteiger charge is -2.18. The first-order chi connectivity index (χ1) is 39.0. The van der Waals surface area contributed by atoms with Crippen LogP contribution in [-0.4, -0.2) is 37.2 Å². The average molecular weight is 1100 g/mol. The Hall–Kier alpha value is -3.67. The lowest BCUT2D eigenvalue weighted by atomic mass is 10.0. The van der Waals surface area contributed by atoms with Crippen molar-refractivity contribution in [2.24, 2.45) is 0 Å². The molecule has 1 unspecified atom stereocenters. The van der Waals surface area contributed by atoms with Gasteiger partial charge in [-0.3, -0.25) is 14.4 Å². The van der Waals surface area contributed by atoms with Gasteiger partial charge >= 0.3 is 17.9 Å². The van der Waals surface area contributed by atoms with E-state index in [0.29, 0.717) is 19.3 Å². The predicted octanol–water partition coefficient (Wildman–Crippen LogP) is 23.2. The lowest BCUT2D eigenvalue weighted by Crippen LogP contribution is -2.30. The van der Waals surface area contributed by atoms with Crippen LogP contribution in [0.15, 0.2) is 97.2 Å². The highest BCUT2D eigenvalue weighted by atomic mass is 16.6. The second-order valence-corrected chi connectivity index (χ2v) is 22.3. The number of carbonyl (C=O) groups is 3. The molecule has 0 fully saturated rings. The molecule has 0 aromatic carbocycles. The fraction of sp³-hybridized carbons (Fsp3) is 0.740. The van der Waals surface area contributed by atoms with Gasteiger partial charge in [-0.1, -0.05) is 291 Å². The van der Waals surface area contributed by atoms with Crippen molar-refractivity contribution in [2.75, 3.05) is 13.2 Å². The van der Waals surface area contributed by atoms with Crippen LogP contribution in [0.5, 0.6) is 0 Å². The summed E-state index contributed by atoms with van der Waals surface area (Å²) in [5, 5.41) is 0. The summed E-state index contributed by atoms with van der Waals surface area (Å²) in [7, 11) is 0. The minimum atomic E-state index is -0.796. The molecule has 0 saturated heterocycles. The largest absolute Gasteiger partial charge is 0.462 e. The topological polar surface area (TPSA) is 78.9 Å². The molecule has 0 heterocycles. The predicted molar refractivity (Wildman–Crippen MR) is 344 cm³/mol. The Balaban J connectivity index is 4.20. The first-order valence-corrected chi connectivity index (χ1v) is 33.7. The summed E-state index contributed by atoms with van der Waals surface area (Å²) in [5.74, 6) is -0.919. The van der Waals surface area contributed by atoms with E-state index in [2.05, 4.69) is 118 Å². The van der Waals surface area contributed by atoms with Gasteiger partial charge in [0.15, 0.2) is 6.10 Å². The second kappa shape index (κ2) is 66.8. The van der Waals surface area contributed by atoms with Crippen molar-refractivity contribution in [3.63, 3.8) is 0 Å². The van der Waals surface area contributed by atoms with Crippen molar-refractivity contribution in [1.82, 2.24) is 0 Å². The zero-order valence-electron chi connectivity index (χ0n) is 52.1. The highest BCUT2D eigenvalue weighted by Crippen LogP contribution is 2.17. The standard InChI is InChI=1S/C73H126O6/c1-4-7-10-13-16-19-22-25-27-29-30-31-32-33-34-35-36-37-38-39-40-41-42-44-45-48-51-54-57-60-63-66-72(75)78-69-70(68-77-71(74)65-62-59-56-53-50-47-24-21-18-15-12-9-6-3)79-73(76)67-64-61-58-55-52-49-46-43-28-26-23-20-17-14-11-8-5-2/h8-9,11-12,17-18,20-22,25-26,28-30,47,50,70H,4-7,10,13-16,19,23-24,27,31-46,48-49,51-69H2,1-3H3/b11-8-,12-9-,20-17-,21-18-,25-22-,28-26-,30-29-,50-47-. The summed E-state index contributed by atoms with van der Waals surface area (Å²) in [4.78, 5) is 38.3. The Morgan fingerprint density at radius 3 is 0.785 bits per heavy atom. The van der Waals surface area contributed by atoms with E-state index >= 15 is 0 Å². The number of unbranched alkanes of at least 4 members (excludes halogenated alkanes) is 34. The fourth-order valence-electron chi connectivity index (χ4n) is 9.56. The van der Waals surface area contributed by atoms with Crippen molar-refractivity contribution in [2.45, 2.75) is 335 Å². The number of hydrogen-bond acceptors (Lipinski definition) is 6. The number of carbonyl (C=O) groups excluding carboxylic acids is 3. The third-order valence-corrected chi connectivity index (χ3v) is 14.6. The van der Waals surface area contributed by atoms with E-state index in [0.717, 1.165) is 116 Å². The molecule has 6 heteroatoms. The van der Waals surface area contributed by atoms with Crippen molar-refractivity contribution < 1.29 is 28.6 Å². The first kappa shape index (κ1) is 75.3. The highest BCUT2D eigenvalue weighted by Gasteiger charge is 2.19.